The number of nitrogens with one attached hydrogen (secondary N) is 1. The van der Waals surface area contributed by atoms with Gasteiger partial charge < -0.3 is 15.8 Å². The number of nitrogens with two attached hydrogens (primary N) is 1. The summed E-state index contributed by atoms with van der Waals surface area (Å²) in [5.41, 5.74) is 6.70. The van der Waals surface area contributed by atoms with Crippen LogP contribution in [-0.4, -0.2) is 39.8 Å². The van der Waals surface area contributed by atoms with Crippen molar-refractivity contribution in [2.45, 2.75) is 51.3 Å². The fourth-order valence-electron chi connectivity index (χ4n) is 3.00. The molecular formula is C25H33N3O5S. The summed E-state index contributed by atoms with van der Waals surface area (Å²) in [6.07, 6.45) is 0. The first-order valence-corrected chi connectivity index (χ1v) is 12.8. The minimum absolute atomic E-state index is 0.0659. The highest BCUT2D eigenvalue weighted by atomic mass is 32.2. The molecule has 0 radical (unpaired) electrons. The molecule has 3 N–H and O–H groups in total. The van der Waals surface area contributed by atoms with Crippen molar-refractivity contribution in [2.24, 2.45) is 21.9 Å². The van der Waals surface area contributed by atoms with E-state index in [4.69, 9.17) is 10.5 Å². The second-order valence-electron chi connectivity index (χ2n) is 8.68. The number of rotatable bonds is 10. The molecule has 0 aliphatic heterocycles. The van der Waals surface area contributed by atoms with Crippen LogP contribution in [0.4, 0.5) is 0 Å². The van der Waals surface area contributed by atoms with E-state index in [2.05, 4.69) is 9.68 Å². The molecule has 2 aromatic rings. The van der Waals surface area contributed by atoms with E-state index in [0.717, 1.165) is 5.56 Å². The van der Waals surface area contributed by atoms with Gasteiger partial charge in [-0.15, -0.1) is 0 Å². The minimum Gasteiger partial charge on any atom is -0.459 e. The van der Waals surface area contributed by atoms with Gasteiger partial charge in [0.25, 0.3) is 5.91 Å². The number of nitrogens with zero attached hydrogens (tertiary/aromatic N) is 1. The Bertz CT molecular complexity index is 1090. The molecule has 2 rings (SSSR count). The second-order valence-corrected chi connectivity index (χ2v) is 10.9. The zero-order valence-corrected chi connectivity index (χ0v) is 20.8. The summed E-state index contributed by atoms with van der Waals surface area (Å²) >= 11 is 0. The summed E-state index contributed by atoms with van der Waals surface area (Å²) < 4.78 is 23.0. The predicted octanol–water partition coefficient (Wildman–Crippen LogP) is 2.91. The number of amides is 2. The summed E-state index contributed by atoms with van der Waals surface area (Å²) in [6.45, 7) is 7.10. The van der Waals surface area contributed by atoms with Crippen LogP contribution in [0.2, 0.25) is 0 Å². The van der Waals surface area contributed by atoms with Gasteiger partial charge in [-0.05, 0) is 29.5 Å². The lowest BCUT2D eigenvalue weighted by Crippen LogP contribution is -2.47. The zero-order valence-electron chi connectivity index (χ0n) is 20.0. The van der Waals surface area contributed by atoms with Gasteiger partial charge in [0, 0.05) is 4.90 Å². The molecule has 0 aromatic heterocycles. The number of carbonyl (C=O) groups excluding carboxylic acids is 3. The first kappa shape index (κ1) is 27.2. The van der Waals surface area contributed by atoms with Gasteiger partial charge in [0.05, 0.1) is 15.8 Å². The zero-order chi connectivity index (χ0) is 25.3. The van der Waals surface area contributed by atoms with Crippen LogP contribution in [0, 0.1) is 11.8 Å². The largest absolute Gasteiger partial charge is 0.459 e. The maximum atomic E-state index is 13.7. The average molecular weight is 488 g/mol. The van der Waals surface area contributed by atoms with Gasteiger partial charge in [-0.2, -0.15) is 4.36 Å². The molecule has 3 atom stereocenters. The smallest absolute Gasteiger partial charge is 0.329 e. The summed E-state index contributed by atoms with van der Waals surface area (Å²) in [5, 5.41) is 2.61. The normalized spacial score (nSPS) is 14.7. The number of hydrogen-bond donors (Lipinski definition) is 2. The molecule has 0 aliphatic rings. The standard InChI is InChI=1S/C25H33N3O5S/c1-17(2)22(26)24(30)28-34(32,20-13-9-6-10-14-20)16-21(29)27-23(18(3)4)25(31)33-15-19-11-7-5-8-12-19/h5-14,17-18,22-23H,15-16,26H2,1-4H3,(H,27,29)/t22-,23-,34?/m0/s1. The predicted molar refractivity (Wildman–Crippen MR) is 131 cm³/mol. The number of esters is 1. The van der Waals surface area contributed by atoms with Crippen LogP contribution in [0.5, 0.6) is 0 Å². The van der Waals surface area contributed by atoms with Gasteiger partial charge in [-0.1, -0.05) is 76.2 Å². The SMILES string of the molecule is CC(C)[C@H](N)C(=O)N=S(=O)(CC(=O)N[C@H](C(=O)OCc1ccccc1)C(C)C)c1ccccc1. The first-order valence-electron chi connectivity index (χ1n) is 11.1. The molecule has 184 valence electrons. The summed E-state index contributed by atoms with van der Waals surface area (Å²) in [7, 11) is -3.47. The van der Waals surface area contributed by atoms with E-state index in [1.54, 1.807) is 58.0 Å². The van der Waals surface area contributed by atoms with Gasteiger partial charge in [-0.3, -0.25) is 9.59 Å². The van der Waals surface area contributed by atoms with Crippen LogP contribution >= 0.6 is 0 Å². The molecule has 2 aromatic carbocycles. The third-order valence-electron chi connectivity index (χ3n) is 5.14. The van der Waals surface area contributed by atoms with Crippen molar-refractivity contribution < 1.29 is 23.3 Å². The highest BCUT2D eigenvalue weighted by Crippen LogP contribution is 2.16. The molecule has 0 fully saturated rings. The fraction of sp³-hybridized carbons (Fsp3) is 0.400. The number of carbonyl (C=O) groups is 3. The van der Waals surface area contributed by atoms with Gasteiger partial charge in [0.2, 0.25) is 5.91 Å². The Morgan fingerprint density at radius 1 is 0.941 bits per heavy atom. The number of ether oxygens (including phenoxy) is 1. The van der Waals surface area contributed by atoms with Crippen molar-refractivity contribution in [1.82, 2.24) is 5.32 Å². The fourth-order valence-corrected chi connectivity index (χ4v) is 4.77. The van der Waals surface area contributed by atoms with E-state index in [0.29, 0.717) is 0 Å². The Labute approximate surface area is 201 Å². The van der Waals surface area contributed by atoms with Gasteiger partial charge in [-0.25, -0.2) is 9.00 Å². The summed E-state index contributed by atoms with van der Waals surface area (Å²) in [4.78, 5) is 38.4. The molecule has 1 unspecified atom stereocenters. The molecule has 2 amide bonds. The Hall–Kier alpha value is -3.04. The average Bonchev–Trinajstić information content (AvgIpc) is 2.81. The molecule has 8 nitrogen and oxygen atoms in total. The molecular weight excluding hydrogens is 454 g/mol. The molecule has 0 bridgehead atoms. The Morgan fingerprint density at radius 3 is 2.03 bits per heavy atom. The molecule has 0 aliphatic carbocycles. The van der Waals surface area contributed by atoms with Crippen molar-refractivity contribution >= 4 is 27.5 Å². The lowest BCUT2D eigenvalue weighted by atomic mass is 10.0. The van der Waals surface area contributed by atoms with Crippen LogP contribution in [0.3, 0.4) is 0 Å². The van der Waals surface area contributed by atoms with E-state index in [1.807, 2.05) is 30.3 Å². The summed E-state index contributed by atoms with van der Waals surface area (Å²) in [5.74, 6) is -3.11. The number of hydrogen-bond acceptors (Lipinski definition) is 6. The quantitative estimate of drug-likeness (QED) is 0.496. The van der Waals surface area contributed by atoms with E-state index in [-0.39, 0.29) is 23.3 Å². The van der Waals surface area contributed by atoms with E-state index in [1.165, 1.54) is 0 Å². The van der Waals surface area contributed by atoms with Gasteiger partial charge >= 0.3 is 5.97 Å². The molecule has 9 heteroatoms. The number of benzene rings is 2. The van der Waals surface area contributed by atoms with Crippen molar-refractivity contribution in [3.8, 4) is 0 Å². The third-order valence-corrected chi connectivity index (χ3v) is 7.28. The highest BCUT2D eigenvalue weighted by molar-refractivity contribution is 7.94. The van der Waals surface area contributed by atoms with Crippen molar-refractivity contribution in [2.75, 3.05) is 5.75 Å². The minimum atomic E-state index is -3.47. The second kappa shape index (κ2) is 12.4. The Balaban J connectivity index is 2.22. The van der Waals surface area contributed by atoms with Gasteiger partial charge in [0.15, 0.2) is 0 Å². The maximum absolute atomic E-state index is 13.7. The third kappa shape index (κ3) is 7.78. The summed E-state index contributed by atoms with van der Waals surface area (Å²) in [6, 6.07) is 15.4. The monoisotopic (exact) mass is 487 g/mol. The lowest BCUT2D eigenvalue weighted by molar-refractivity contribution is -0.150. The maximum Gasteiger partial charge on any atom is 0.329 e. The first-order chi connectivity index (χ1) is 16.0. The molecule has 0 saturated carbocycles. The van der Waals surface area contributed by atoms with Crippen LogP contribution in [-0.2, 0) is 35.5 Å². The topological polar surface area (TPSA) is 128 Å². The van der Waals surface area contributed by atoms with E-state index in [9.17, 15) is 18.6 Å². The lowest BCUT2D eigenvalue weighted by Gasteiger charge is -2.21. The van der Waals surface area contributed by atoms with Crippen molar-refractivity contribution in [3.63, 3.8) is 0 Å². The highest BCUT2D eigenvalue weighted by Gasteiger charge is 2.29. The molecule has 34 heavy (non-hydrogen) atoms. The Morgan fingerprint density at radius 2 is 1.50 bits per heavy atom. The van der Waals surface area contributed by atoms with Crippen LogP contribution in [0.1, 0.15) is 33.3 Å². The molecule has 0 saturated heterocycles. The van der Waals surface area contributed by atoms with Gasteiger partial charge in [0.1, 0.15) is 18.4 Å². The van der Waals surface area contributed by atoms with E-state index >= 15 is 0 Å². The van der Waals surface area contributed by atoms with Crippen LogP contribution in [0.25, 0.3) is 0 Å². The van der Waals surface area contributed by atoms with Crippen molar-refractivity contribution in [3.05, 3.63) is 66.2 Å². The van der Waals surface area contributed by atoms with Crippen LogP contribution < -0.4 is 11.1 Å². The van der Waals surface area contributed by atoms with E-state index < -0.39 is 45.3 Å². The van der Waals surface area contributed by atoms with Crippen LogP contribution in [0.15, 0.2) is 69.9 Å². The Kier molecular flexibility index (Phi) is 9.95. The molecule has 0 spiro atoms. The molecule has 0 heterocycles. The van der Waals surface area contributed by atoms with Crippen molar-refractivity contribution in [1.29, 1.82) is 0 Å².